The summed E-state index contributed by atoms with van der Waals surface area (Å²) in [5.74, 6) is 0.763. The Morgan fingerprint density at radius 3 is 2.16 bits per heavy atom. The maximum absolute atomic E-state index is 4.27. The number of hydrogen-bond acceptors (Lipinski definition) is 2. The summed E-state index contributed by atoms with van der Waals surface area (Å²) in [6.45, 7) is 15.8. The topological polar surface area (TPSA) is 21.1 Å². The average Bonchev–Trinajstić information content (AvgIpc) is 2.95. The molecule has 1 fully saturated rings. The largest absolute Gasteiger partial charge is 0.337 e. The predicted molar refractivity (Wildman–Crippen MR) is 84.5 cm³/mol. The van der Waals surface area contributed by atoms with E-state index in [1.165, 1.54) is 6.42 Å². The van der Waals surface area contributed by atoms with Gasteiger partial charge in [-0.1, -0.05) is 27.7 Å². The minimum absolute atomic E-state index is 0.683. The first-order chi connectivity index (χ1) is 9.08. The molecule has 2 heterocycles. The fourth-order valence-corrected chi connectivity index (χ4v) is 2.60. The van der Waals surface area contributed by atoms with Gasteiger partial charge in [0, 0.05) is 24.8 Å². The van der Waals surface area contributed by atoms with Crippen molar-refractivity contribution in [2.24, 2.45) is 5.92 Å². The van der Waals surface area contributed by atoms with E-state index >= 15 is 0 Å². The summed E-state index contributed by atoms with van der Waals surface area (Å²) >= 11 is 0. The monoisotopic (exact) mass is 267 g/mol. The molecule has 2 rings (SSSR count). The van der Waals surface area contributed by atoms with E-state index in [0.29, 0.717) is 6.04 Å². The molecule has 3 heteroatoms. The summed E-state index contributed by atoms with van der Waals surface area (Å²) in [6, 6.07) is 1.40. The van der Waals surface area contributed by atoms with Gasteiger partial charge < -0.3 is 9.47 Å². The van der Waals surface area contributed by atoms with Crippen molar-refractivity contribution in [1.29, 1.82) is 0 Å². The summed E-state index contributed by atoms with van der Waals surface area (Å²) in [5, 5.41) is 0. The first-order valence-electron chi connectivity index (χ1n) is 7.78. The van der Waals surface area contributed by atoms with E-state index in [9.17, 15) is 0 Å². The van der Waals surface area contributed by atoms with Crippen molar-refractivity contribution >= 4 is 0 Å². The third-order valence-electron chi connectivity index (χ3n) is 3.87. The summed E-state index contributed by atoms with van der Waals surface area (Å²) < 4.78 is 2.22. The van der Waals surface area contributed by atoms with Gasteiger partial charge >= 0.3 is 0 Å². The Hall–Kier alpha value is -0.830. The molecule has 1 saturated heterocycles. The van der Waals surface area contributed by atoms with Gasteiger partial charge in [-0.15, -0.1) is 0 Å². The van der Waals surface area contributed by atoms with Crippen LogP contribution in [0.15, 0.2) is 12.5 Å². The van der Waals surface area contributed by atoms with Crippen molar-refractivity contribution in [3.8, 4) is 0 Å². The molecule has 0 N–H and O–H groups in total. The van der Waals surface area contributed by atoms with Gasteiger partial charge in [0.2, 0.25) is 0 Å². The summed E-state index contributed by atoms with van der Waals surface area (Å²) in [5.41, 5.74) is 1.11. The lowest BCUT2D eigenvalue weighted by molar-refractivity contribution is 0.242. The van der Waals surface area contributed by atoms with Crippen LogP contribution in [0.4, 0.5) is 0 Å². The van der Waals surface area contributed by atoms with E-state index in [1.807, 2.05) is 40.9 Å². The number of imidazole rings is 1. The third-order valence-corrected chi connectivity index (χ3v) is 3.87. The normalized spacial score (nSPS) is 26.2. The molecule has 0 amide bonds. The molecule has 1 aromatic rings. The number of hydrogen-bond donors (Lipinski definition) is 0. The highest BCUT2D eigenvalue weighted by Crippen LogP contribution is 2.29. The Bertz CT molecular complexity index is 332. The van der Waals surface area contributed by atoms with Crippen LogP contribution < -0.4 is 0 Å². The van der Waals surface area contributed by atoms with Crippen LogP contribution in [-0.2, 0) is 6.54 Å². The molecule has 1 aliphatic heterocycles. The number of likely N-dealkylation sites (tertiary alicyclic amines) is 1. The quantitative estimate of drug-likeness (QED) is 0.808. The Morgan fingerprint density at radius 2 is 1.79 bits per heavy atom. The summed E-state index contributed by atoms with van der Waals surface area (Å²) in [6.07, 6.45) is 5.38. The molecule has 0 bridgehead atoms. The van der Waals surface area contributed by atoms with Crippen LogP contribution in [0.1, 0.15) is 53.7 Å². The SMILES string of the molecule is CC.CC.Cc1cn(CC2CC(C)N(C)[C@@H]2C)cn1. The van der Waals surface area contributed by atoms with Crippen LogP contribution in [0, 0.1) is 12.8 Å². The van der Waals surface area contributed by atoms with Crippen molar-refractivity contribution in [3.63, 3.8) is 0 Å². The molecule has 1 aromatic heterocycles. The van der Waals surface area contributed by atoms with Crippen LogP contribution in [0.5, 0.6) is 0 Å². The second-order valence-electron chi connectivity index (χ2n) is 4.96. The third kappa shape index (κ3) is 4.98. The van der Waals surface area contributed by atoms with Gasteiger partial charge in [0.1, 0.15) is 0 Å². The Kier molecular flexibility index (Phi) is 8.73. The van der Waals surface area contributed by atoms with E-state index in [4.69, 9.17) is 0 Å². The molecular weight excluding hydrogens is 234 g/mol. The van der Waals surface area contributed by atoms with Gasteiger partial charge in [-0.05, 0) is 40.2 Å². The number of aromatic nitrogens is 2. The molecule has 0 spiro atoms. The lowest BCUT2D eigenvalue weighted by atomic mass is 10.0. The van der Waals surface area contributed by atoms with Crippen molar-refractivity contribution in [3.05, 3.63) is 18.2 Å². The van der Waals surface area contributed by atoms with Gasteiger partial charge in [-0.2, -0.15) is 0 Å². The van der Waals surface area contributed by atoms with Crippen LogP contribution in [0.2, 0.25) is 0 Å². The Labute approximate surface area is 120 Å². The number of nitrogens with zero attached hydrogens (tertiary/aromatic N) is 3. The molecule has 1 aliphatic rings. The molecule has 3 nitrogen and oxygen atoms in total. The van der Waals surface area contributed by atoms with E-state index in [2.05, 4.69) is 41.5 Å². The lowest BCUT2D eigenvalue weighted by Crippen LogP contribution is -2.30. The lowest BCUT2D eigenvalue weighted by Gasteiger charge is -2.22. The molecule has 0 radical (unpaired) electrons. The highest BCUT2D eigenvalue weighted by Gasteiger charge is 2.33. The minimum atomic E-state index is 0.683. The molecular formula is C16H33N3. The molecule has 0 aromatic carbocycles. The maximum Gasteiger partial charge on any atom is 0.0949 e. The van der Waals surface area contributed by atoms with E-state index < -0.39 is 0 Å². The number of rotatable bonds is 2. The van der Waals surface area contributed by atoms with E-state index in [1.54, 1.807) is 0 Å². The van der Waals surface area contributed by atoms with Gasteiger partial charge in [0.25, 0.3) is 0 Å². The van der Waals surface area contributed by atoms with E-state index in [0.717, 1.165) is 24.2 Å². The van der Waals surface area contributed by atoms with Crippen molar-refractivity contribution in [1.82, 2.24) is 14.5 Å². The molecule has 3 atom stereocenters. The van der Waals surface area contributed by atoms with Crippen LogP contribution in [0.25, 0.3) is 0 Å². The highest BCUT2D eigenvalue weighted by atomic mass is 15.2. The van der Waals surface area contributed by atoms with Crippen molar-refractivity contribution in [2.45, 2.75) is 73.5 Å². The fourth-order valence-electron chi connectivity index (χ4n) is 2.60. The fraction of sp³-hybridized carbons (Fsp3) is 0.812. The summed E-state index contributed by atoms with van der Waals surface area (Å²) in [4.78, 5) is 6.75. The zero-order chi connectivity index (χ0) is 15.0. The Balaban J connectivity index is 0.000000741. The number of aryl methyl sites for hydroxylation is 1. The first-order valence-corrected chi connectivity index (χ1v) is 7.78. The molecule has 0 saturated carbocycles. The standard InChI is InChI=1S/C12H21N3.2C2H6/c1-9-6-15(8-13-9)7-12-5-10(2)14(4)11(12)3;2*1-2/h6,8,10-12H,5,7H2,1-4H3;2*1-2H3/t10?,11-,12?;;/m1../s1. The zero-order valence-electron chi connectivity index (χ0n) is 14.1. The molecule has 112 valence electrons. The second-order valence-corrected chi connectivity index (χ2v) is 4.96. The van der Waals surface area contributed by atoms with Crippen LogP contribution in [0.3, 0.4) is 0 Å². The predicted octanol–water partition coefficient (Wildman–Crippen LogP) is 3.97. The summed E-state index contributed by atoms with van der Waals surface area (Å²) in [7, 11) is 2.23. The second kappa shape index (κ2) is 9.13. The van der Waals surface area contributed by atoms with Crippen molar-refractivity contribution < 1.29 is 0 Å². The molecule has 2 unspecified atom stereocenters. The Morgan fingerprint density at radius 1 is 1.21 bits per heavy atom. The highest BCUT2D eigenvalue weighted by molar-refractivity contribution is 4.94. The minimum Gasteiger partial charge on any atom is -0.337 e. The van der Waals surface area contributed by atoms with E-state index in [-0.39, 0.29) is 0 Å². The van der Waals surface area contributed by atoms with Crippen LogP contribution >= 0.6 is 0 Å². The van der Waals surface area contributed by atoms with Gasteiger partial charge in [-0.3, -0.25) is 0 Å². The van der Waals surface area contributed by atoms with Crippen molar-refractivity contribution in [2.75, 3.05) is 7.05 Å². The van der Waals surface area contributed by atoms with Crippen LogP contribution in [-0.4, -0.2) is 33.6 Å². The average molecular weight is 267 g/mol. The molecule has 19 heavy (non-hydrogen) atoms. The molecule has 0 aliphatic carbocycles. The van der Waals surface area contributed by atoms with Gasteiger partial charge in [0.05, 0.1) is 12.0 Å². The zero-order valence-corrected chi connectivity index (χ0v) is 14.1. The smallest absolute Gasteiger partial charge is 0.0949 e. The van der Waals surface area contributed by atoms with Gasteiger partial charge in [-0.25, -0.2) is 4.98 Å². The first kappa shape index (κ1) is 18.2. The maximum atomic E-state index is 4.27. The van der Waals surface area contributed by atoms with Gasteiger partial charge in [0.15, 0.2) is 0 Å².